The van der Waals surface area contributed by atoms with E-state index in [1.54, 1.807) is 7.11 Å². The Kier molecular flexibility index (Phi) is 3.99. The van der Waals surface area contributed by atoms with E-state index in [4.69, 9.17) is 4.74 Å². The third kappa shape index (κ3) is 2.90. The molecule has 0 bridgehead atoms. The highest BCUT2D eigenvalue weighted by atomic mass is 16.5. The van der Waals surface area contributed by atoms with Crippen molar-refractivity contribution in [3.05, 3.63) is 41.7 Å². The Balaban J connectivity index is 2.12. The summed E-state index contributed by atoms with van der Waals surface area (Å²) in [6.45, 7) is 5.65. The fourth-order valence-electron chi connectivity index (χ4n) is 1.87. The number of rotatable bonds is 5. The maximum absolute atomic E-state index is 5.09. The largest absolute Gasteiger partial charge is 0.380 e. The van der Waals surface area contributed by atoms with E-state index in [9.17, 15) is 0 Å². The van der Waals surface area contributed by atoms with Gasteiger partial charge in [-0.3, -0.25) is 0 Å². The van der Waals surface area contributed by atoms with Gasteiger partial charge in [0.1, 0.15) is 0 Å². The number of benzene rings is 1. The Labute approximate surface area is 108 Å². The molecule has 0 fully saturated rings. The zero-order valence-corrected chi connectivity index (χ0v) is 11.1. The summed E-state index contributed by atoms with van der Waals surface area (Å²) in [5, 5.41) is 3.32. The van der Waals surface area contributed by atoms with Crippen LogP contribution in [0.5, 0.6) is 0 Å². The van der Waals surface area contributed by atoms with Gasteiger partial charge in [-0.2, -0.15) is 0 Å². The molecule has 18 heavy (non-hydrogen) atoms. The fourth-order valence-corrected chi connectivity index (χ4v) is 1.87. The number of anilines is 2. The van der Waals surface area contributed by atoms with E-state index < -0.39 is 0 Å². The third-order valence-corrected chi connectivity index (χ3v) is 2.76. The van der Waals surface area contributed by atoms with Gasteiger partial charge in [0.25, 0.3) is 0 Å². The first-order chi connectivity index (χ1) is 8.72. The van der Waals surface area contributed by atoms with Crippen molar-refractivity contribution in [2.45, 2.75) is 27.0 Å². The number of methoxy groups -OCH3 is 1. The molecule has 0 aliphatic carbocycles. The van der Waals surface area contributed by atoms with E-state index in [1.165, 1.54) is 0 Å². The second kappa shape index (κ2) is 5.69. The van der Waals surface area contributed by atoms with Crippen LogP contribution in [0.1, 0.15) is 18.2 Å². The molecular formula is C14H19N3O. The monoisotopic (exact) mass is 245 g/mol. The van der Waals surface area contributed by atoms with Gasteiger partial charge in [0.05, 0.1) is 12.3 Å². The van der Waals surface area contributed by atoms with Crippen LogP contribution in [0, 0.1) is 6.92 Å². The van der Waals surface area contributed by atoms with E-state index in [0.717, 1.165) is 29.4 Å². The minimum Gasteiger partial charge on any atom is -0.380 e. The normalized spacial score (nSPS) is 10.6. The quantitative estimate of drug-likeness (QED) is 0.879. The van der Waals surface area contributed by atoms with Gasteiger partial charge in [-0.25, -0.2) is 4.98 Å². The number of nitrogens with one attached hydrogen (secondary N) is 1. The summed E-state index contributed by atoms with van der Waals surface area (Å²) >= 11 is 0. The number of aromatic nitrogens is 2. The molecule has 0 saturated carbocycles. The van der Waals surface area contributed by atoms with Crippen molar-refractivity contribution >= 4 is 11.6 Å². The Hall–Kier alpha value is -1.81. The topological polar surface area (TPSA) is 39.1 Å². The van der Waals surface area contributed by atoms with Crippen LogP contribution in [-0.4, -0.2) is 16.7 Å². The van der Waals surface area contributed by atoms with Gasteiger partial charge >= 0.3 is 0 Å². The van der Waals surface area contributed by atoms with Crippen molar-refractivity contribution < 1.29 is 4.74 Å². The van der Waals surface area contributed by atoms with Gasteiger partial charge in [-0.1, -0.05) is 12.1 Å². The Morgan fingerprint density at radius 2 is 2.00 bits per heavy atom. The number of imidazole rings is 1. The molecule has 0 spiro atoms. The molecule has 0 radical (unpaired) electrons. The molecule has 4 nitrogen and oxygen atoms in total. The average molecular weight is 245 g/mol. The summed E-state index contributed by atoms with van der Waals surface area (Å²) in [5.41, 5.74) is 3.23. The predicted molar refractivity (Wildman–Crippen MR) is 73.1 cm³/mol. The van der Waals surface area contributed by atoms with Crippen LogP contribution < -0.4 is 5.32 Å². The van der Waals surface area contributed by atoms with E-state index in [-0.39, 0.29) is 0 Å². The maximum Gasteiger partial charge on any atom is 0.207 e. The standard InChI is InChI=1S/C14H19N3O/c1-4-17-9-11(2)15-14(17)16-13-7-5-12(6-8-13)10-18-3/h5-9H,4,10H2,1-3H3,(H,15,16). The van der Waals surface area contributed by atoms with Crippen LogP contribution in [0.2, 0.25) is 0 Å². The number of aryl methyl sites for hydroxylation is 2. The first kappa shape index (κ1) is 12.6. The molecule has 0 aliphatic heterocycles. The van der Waals surface area contributed by atoms with E-state index in [2.05, 4.69) is 33.9 Å². The van der Waals surface area contributed by atoms with Crippen LogP contribution in [0.25, 0.3) is 0 Å². The smallest absolute Gasteiger partial charge is 0.207 e. The fraction of sp³-hybridized carbons (Fsp3) is 0.357. The molecule has 1 N–H and O–H groups in total. The third-order valence-electron chi connectivity index (χ3n) is 2.76. The molecule has 1 aromatic heterocycles. The Morgan fingerprint density at radius 1 is 1.28 bits per heavy atom. The van der Waals surface area contributed by atoms with Crippen LogP contribution in [-0.2, 0) is 17.9 Å². The molecular weight excluding hydrogens is 226 g/mol. The minimum atomic E-state index is 0.642. The summed E-state index contributed by atoms with van der Waals surface area (Å²) in [4.78, 5) is 4.46. The second-order valence-corrected chi connectivity index (χ2v) is 4.25. The first-order valence-electron chi connectivity index (χ1n) is 6.11. The van der Waals surface area contributed by atoms with Crippen LogP contribution in [0.15, 0.2) is 30.5 Å². The highest BCUT2D eigenvalue weighted by Crippen LogP contribution is 2.17. The summed E-state index contributed by atoms with van der Waals surface area (Å²) in [5.74, 6) is 0.884. The molecule has 2 rings (SSSR count). The summed E-state index contributed by atoms with van der Waals surface area (Å²) < 4.78 is 7.18. The van der Waals surface area contributed by atoms with E-state index in [0.29, 0.717) is 6.61 Å². The lowest BCUT2D eigenvalue weighted by Gasteiger charge is -2.08. The lowest BCUT2D eigenvalue weighted by Crippen LogP contribution is -2.01. The van der Waals surface area contributed by atoms with Gasteiger partial charge < -0.3 is 14.6 Å². The molecule has 0 atom stereocenters. The highest BCUT2D eigenvalue weighted by Gasteiger charge is 2.04. The van der Waals surface area contributed by atoms with Crippen LogP contribution >= 0.6 is 0 Å². The van der Waals surface area contributed by atoms with Gasteiger partial charge in [-0.05, 0) is 31.5 Å². The zero-order chi connectivity index (χ0) is 13.0. The Morgan fingerprint density at radius 3 is 2.61 bits per heavy atom. The lowest BCUT2D eigenvalue weighted by atomic mass is 10.2. The van der Waals surface area contributed by atoms with Crippen molar-refractivity contribution in [1.82, 2.24) is 9.55 Å². The van der Waals surface area contributed by atoms with Gasteiger partial charge in [0.2, 0.25) is 5.95 Å². The van der Waals surface area contributed by atoms with Crippen molar-refractivity contribution in [3.63, 3.8) is 0 Å². The Bertz CT molecular complexity index is 502. The number of ether oxygens (including phenoxy) is 1. The van der Waals surface area contributed by atoms with E-state index in [1.807, 2.05) is 25.3 Å². The maximum atomic E-state index is 5.09. The predicted octanol–water partition coefficient (Wildman–Crippen LogP) is 3.10. The molecule has 0 saturated heterocycles. The summed E-state index contributed by atoms with van der Waals surface area (Å²) in [7, 11) is 1.70. The SMILES string of the molecule is CCn1cc(C)nc1Nc1ccc(COC)cc1. The molecule has 1 aromatic carbocycles. The van der Waals surface area contributed by atoms with Crippen molar-refractivity contribution in [3.8, 4) is 0 Å². The lowest BCUT2D eigenvalue weighted by molar-refractivity contribution is 0.185. The van der Waals surface area contributed by atoms with Gasteiger partial charge in [0.15, 0.2) is 0 Å². The average Bonchev–Trinajstić information content (AvgIpc) is 2.72. The molecule has 0 aliphatic rings. The molecule has 0 amide bonds. The summed E-state index contributed by atoms with van der Waals surface area (Å²) in [6.07, 6.45) is 2.04. The summed E-state index contributed by atoms with van der Waals surface area (Å²) in [6, 6.07) is 8.19. The second-order valence-electron chi connectivity index (χ2n) is 4.25. The molecule has 96 valence electrons. The first-order valence-corrected chi connectivity index (χ1v) is 6.11. The molecule has 4 heteroatoms. The van der Waals surface area contributed by atoms with Crippen molar-refractivity contribution in [1.29, 1.82) is 0 Å². The zero-order valence-electron chi connectivity index (χ0n) is 11.1. The van der Waals surface area contributed by atoms with Crippen molar-refractivity contribution in [2.75, 3.05) is 12.4 Å². The molecule has 1 heterocycles. The number of hydrogen-bond donors (Lipinski definition) is 1. The highest BCUT2D eigenvalue weighted by molar-refractivity contribution is 5.54. The molecule has 2 aromatic rings. The number of hydrogen-bond acceptors (Lipinski definition) is 3. The van der Waals surface area contributed by atoms with Crippen LogP contribution in [0.4, 0.5) is 11.6 Å². The number of nitrogens with zero attached hydrogens (tertiary/aromatic N) is 2. The van der Waals surface area contributed by atoms with Crippen molar-refractivity contribution in [2.24, 2.45) is 0 Å². The molecule has 0 unspecified atom stereocenters. The van der Waals surface area contributed by atoms with Gasteiger partial charge in [-0.15, -0.1) is 0 Å². The minimum absolute atomic E-state index is 0.642. The van der Waals surface area contributed by atoms with Crippen LogP contribution in [0.3, 0.4) is 0 Å². The van der Waals surface area contributed by atoms with E-state index >= 15 is 0 Å². The van der Waals surface area contributed by atoms with Gasteiger partial charge in [0, 0.05) is 25.5 Å².